The topological polar surface area (TPSA) is 58.4 Å². The number of carbonyl (C=O) groups is 1. The highest BCUT2D eigenvalue weighted by Gasteiger charge is 2.34. The fraction of sp³-hybridized carbons (Fsp3) is 0.562. The summed E-state index contributed by atoms with van der Waals surface area (Å²) in [5.74, 6) is -1.56. The standard InChI is InChI=1S/C16H21F4N3O.ClH/c17-14-4-3-11(8-13(14)16(18,19)20)9-23-7-1-2-12(10-23)15(24)22-6-5-21;/h3-4,8,12H,1-2,5-7,9-10,21H2,(H,22,24);1H. The molecule has 1 unspecified atom stereocenters. The zero-order chi connectivity index (χ0) is 17.7. The summed E-state index contributed by atoms with van der Waals surface area (Å²) in [7, 11) is 0. The first-order valence-corrected chi connectivity index (χ1v) is 7.87. The first-order chi connectivity index (χ1) is 11.3. The van der Waals surface area contributed by atoms with Gasteiger partial charge in [0.15, 0.2) is 0 Å². The number of nitrogens with one attached hydrogen (secondary N) is 1. The van der Waals surface area contributed by atoms with E-state index in [0.29, 0.717) is 31.7 Å². The third-order valence-electron chi connectivity index (χ3n) is 4.06. The molecule has 9 heteroatoms. The number of rotatable bonds is 5. The van der Waals surface area contributed by atoms with Crippen LogP contribution in [0, 0.1) is 11.7 Å². The van der Waals surface area contributed by atoms with Crippen molar-refractivity contribution in [3.05, 3.63) is 35.1 Å². The Morgan fingerprint density at radius 2 is 2.08 bits per heavy atom. The van der Waals surface area contributed by atoms with E-state index in [0.717, 1.165) is 25.0 Å². The van der Waals surface area contributed by atoms with Gasteiger partial charge in [-0.05, 0) is 37.1 Å². The van der Waals surface area contributed by atoms with Gasteiger partial charge in [0.2, 0.25) is 5.91 Å². The molecule has 0 saturated carbocycles. The molecule has 1 aromatic carbocycles. The van der Waals surface area contributed by atoms with Gasteiger partial charge in [0.25, 0.3) is 0 Å². The fourth-order valence-electron chi connectivity index (χ4n) is 2.90. The van der Waals surface area contributed by atoms with Crippen LogP contribution in [0.25, 0.3) is 0 Å². The van der Waals surface area contributed by atoms with Gasteiger partial charge in [-0.3, -0.25) is 9.69 Å². The van der Waals surface area contributed by atoms with Crippen LogP contribution in [0.1, 0.15) is 24.0 Å². The van der Waals surface area contributed by atoms with Crippen molar-refractivity contribution < 1.29 is 22.4 Å². The highest BCUT2D eigenvalue weighted by molar-refractivity contribution is 5.85. The first-order valence-electron chi connectivity index (χ1n) is 7.87. The van der Waals surface area contributed by atoms with Crippen molar-refractivity contribution in [3.63, 3.8) is 0 Å². The fourth-order valence-corrected chi connectivity index (χ4v) is 2.90. The first kappa shape index (κ1) is 21.7. The number of nitrogens with two attached hydrogens (primary N) is 1. The molecule has 1 heterocycles. The van der Waals surface area contributed by atoms with Gasteiger partial charge in [-0.15, -0.1) is 12.4 Å². The number of benzene rings is 1. The van der Waals surface area contributed by atoms with Gasteiger partial charge >= 0.3 is 6.18 Å². The average molecular weight is 384 g/mol. The molecule has 1 atom stereocenters. The van der Waals surface area contributed by atoms with Crippen LogP contribution in [0.15, 0.2) is 18.2 Å². The molecule has 1 aliphatic rings. The molecule has 2 rings (SSSR count). The molecule has 0 aliphatic carbocycles. The minimum Gasteiger partial charge on any atom is -0.355 e. The number of hydrogen-bond donors (Lipinski definition) is 2. The van der Waals surface area contributed by atoms with Crippen molar-refractivity contribution in [1.82, 2.24) is 10.2 Å². The SMILES string of the molecule is Cl.NCCNC(=O)C1CCCN(Cc2ccc(F)c(C(F)(F)F)c2)C1. The molecule has 0 bridgehead atoms. The molecular weight excluding hydrogens is 362 g/mol. The van der Waals surface area contributed by atoms with Crippen LogP contribution in [-0.2, 0) is 17.5 Å². The molecule has 1 aliphatic heterocycles. The second kappa shape index (κ2) is 9.35. The zero-order valence-electron chi connectivity index (χ0n) is 13.6. The molecule has 25 heavy (non-hydrogen) atoms. The van der Waals surface area contributed by atoms with Crippen LogP contribution in [0.4, 0.5) is 17.6 Å². The maximum absolute atomic E-state index is 13.3. The number of halogens is 5. The predicted molar refractivity (Wildman–Crippen MR) is 88.7 cm³/mol. The van der Waals surface area contributed by atoms with E-state index in [-0.39, 0.29) is 30.8 Å². The molecule has 1 amide bonds. The summed E-state index contributed by atoms with van der Waals surface area (Å²) >= 11 is 0. The Labute approximate surface area is 150 Å². The Hall–Kier alpha value is -1.38. The predicted octanol–water partition coefficient (Wildman–Crippen LogP) is 2.55. The average Bonchev–Trinajstić information content (AvgIpc) is 2.53. The van der Waals surface area contributed by atoms with Gasteiger partial charge in [-0.1, -0.05) is 6.07 Å². The molecule has 0 spiro atoms. The minimum absolute atomic E-state index is 0. The number of hydrogen-bond acceptors (Lipinski definition) is 3. The Morgan fingerprint density at radius 1 is 1.36 bits per heavy atom. The largest absolute Gasteiger partial charge is 0.419 e. The van der Waals surface area contributed by atoms with E-state index >= 15 is 0 Å². The lowest BCUT2D eigenvalue weighted by Crippen LogP contribution is -2.43. The monoisotopic (exact) mass is 383 g/mol. The Balaban J connectivity index is 0.00000312. The molecule has 142 valence electrons. The summed E-state index contributed by atoms with van der Waals surface area (Å²) in [6.07, 6.45) is -3.19. The molecule has 1 fully saturated rings. The van der Waals surface area contributed by atoms with E-state index in [1.165, 1.54) is 6.07 Å². The van der Waals surface area contributed by atoms with Gasteiger partial charge in [0, 0.05) is 26.2 Å². The highest BCUT2D eigenvalue weighted by atomic mass is 35.5. The Bertz CT molecular complexity index is 583. The Morgan fingerprint density at radius 3 is 2.72 bits per heavy atom. The third kappa shape index (κ3) is 6.13. The molecule has 0 radical (unpaired) electrons. The number of nitrogens with zero attached hydrogens (tertiary/aromatic N) is 1. The van der Waals surface area contributed by atoms with E-state index < -0.39 is 17.6 Å². The molecule has 1 saturated heterocycles. The van der Waals surface area contributed by atoms with Crippen molar-refractivity contribution in [1.29, 1.82) is 0 Å². The van der Waals surface area contributed by atoms with E-state index in [1.54, 1.807) is 0 Å². The van der Waals surface area contributed by atoms with Crippen LogP contribution >= 0.6 is 12.4 Å². The van der Waals surface area contributed by atoms with Crippen molar-refractivity contribution in [3.8, 4) is 0 Å². The minimum atomic E-state index is -4.72. The maximum atomic E-state index is 13.3. The number of likely N-dealkylation sites (tertiary alicyclic amines) is 1. The van der Waals surface area contributed by atoms with Gasteiger partial charge in [0.1, 0.15) is 5.82 Å². The van der Waals surface area contributed by atoms with Crippen LogP contribution < -0.4 is 11.1 Å². The molecule has 0 aromatic heterocycles. The van der Waals surface area contributed by atoms with Crippen molar-refractivity contribution >= 4 is 18.3 Å². The number of carbonyl (C=O) groups excluding carboxylic acids is 1. The second-order valence-corrected chi connectivity index (χ2v) is 5.97. The van der Waals surface area contributed by atoms with Crippen LogP contribution in [0.3, 0.4) is 0 Å². The zero-order valence-corrected chi connectivity index (χ0v) is 14.4. The lowest BCUT2D eigenvalue weighted by atomic mass is 9.96. The lowest BCUT2D eigenvalue weighted by molar-refractivity contribution is -0.140. The third-order valence-corrected chi connectivity index (χ3v) is 4.06. The number of amides is 1. The maximum Gasteiger partial charge on any atom is 0.419 e. The van der Waals surface area contributed by atoms with Crippen LogP contribution in [-0.4, -0.2) is 37.0 Å². The van der Waals surface area contributed by atoms with E-state index in [2.05, 4.69) is 5.32 Å². The second-order valence-electron chi connectivity index (χ2n) is 5.97. The molecule has 1 aromatic rings. The van der Waals surface area contributed by atoms with Crippen molar-refractivity contribution in [2.24, 2.45) is 11.7 Å². The molecular formula is C16H22ClF4N3O. The van der Waals surface area contributed by atoms with Crippen molar-refractivity contribution in [2.45, 2.75) is 25.6 Å². The van der Waals surface area contributed by atoms with Gasteiger partial charge < -0.3 is 11.1 Å². The molecule has 3 N–H and O–H groups in total. The van der Waals surface area contributed by atoms with Crippen LogP contribution in [0.2, 0.25) is 0 Å². The normalized spacial score (nSPS) is 18.5. The summed E-state index contributed by atoms with van der Waals surface area (Å²) in [4.78, 5) is 13.9. The summed E-state index contributed by atoms with van der Waals surface area (Å²) in [5, 5.41) is 2.73. The van der Waals surface area contributed by atoms with Gasteiger partial charge in [-0.2, -0.15) is 13.2 Å². The molecule has 4 nitrogen and oxygen atoms in total. The highest BCUT2D eigenvalue weighted by Crippen LogP contribution is 2.32. The van der Waals surface area contributed by atoms with Gasteiger partial charge in [-0.25, -0.2) is 4.39 Å². The summed E-state index contributed by atoms with van der Waals surface area (Å²) < 4.78 is 51.7. The Kier molecular flexibility index (Phi) is 8.11. The summed E-state index contributed by atoms with van der Waals surface area (Å²) in [6, 6.07) is 3.03. The van der Waals surface area contributed by atoms with Gasteiger partial charge in [0.05, 0.1) is 11.5 Å². The van der Waals surface area contributed by atoms with Crippen molar-refractivity contribution in [2.75, 3.05) is 26.2 Å². The lowest BCUT2D eigenvalue weighted by Gasteiger charge is -2.32. The van der Waals surface area contributed by atoms with E-state index in [9.17, 15) is 22.4 Å². The smallest absolute Gasteiger partial charge is 0.355 e. The van der Waals surface area contributed by atoms with E-state index in [4.69, 9.17) is 5.73 Å². The number of alkyl halides is 3. The van der Waals surface area contributed by atoms with E-state index in [1.807, 2.05) is 4.90 Å². The summed E-state index contributed by atoms with van der Waals surface area (Å²) in [6.45, 7) is 2.18. The number of piperidine rings is 1. The quantitative estimate of drug-likeness (QED) is 0.768. The summed E-state index contributed by atoms with van der Waals surface area (Å²) in [5.41, 5.74) is 4.48. The van der Waals surface area contributed by atoms with Crippen LogP contribution in [0.5, 0.6) is 0 Å².